The van der Waals surface area contributed by atoms with Crippen LogP contribution < -0.4 is 5.32 Å². The van der Waals surface area contributed by atoms with E-state index in [-0.39, 0.29) is 11.5 Å². The first-order valence-electron chi connectivity index (χ1n) is 5.21. The number of carbonyl (C=O) groups excluding carboxylic acids is 1. The molecule has 18 heavy (non-hydrogen) atoms. The fourth-order valence-electron chi connectivity index (χ4n) is 1.51. The zero-order chi connectivity index (χ0) is 13.1. The summed E-state index contributed by atoms with van der Waals surface area (Å²) in [5.74, 6) is -1.39. The van der Waals surface area contributed by atoms with E-state index < -0.39 is 5.97 Å². The highest BCUT2D eigenvalue weighted by molar-refractivity contribution is 6.03. The number of aromatic amines is 1. The molecule has 0 atom stereocenters. The molecule has 0 aliphatic heterocycles. The van der Waals surface area contributed by atoms with Gasteiger partial charge in [-0.2, -0.15) is 0 Å². The molecule has 0 unspecified atom stereocenters. The third kappa shape index (κ3) is 2.37. The molecule has 0 radical (unpaired) electrons. The van der Waals surface area contributed by atoms with Crippen molar-refractivity contribution in [1.29, 1.82) is 0 Å². The number of anilines is 1. The van der Waals surface area contributed by atoms with E-state index in [0.29, 0.717) is 16.9 Å². The number of carboxylic acid groups (broad SMARTS) is 1. The number of carbonyl (C=O) groups is 2. The zero-order valence-corrected chi connectivity index (χ0v) is 9.60. The molecule has 0 bridgehead atoms. The van der Waals surface area contributed by atoms with Crippen molar-refractivity contribution in [1.82, 2.24) is 9.97 Å². The zero-order valence-electron chi connectivity index (χ0n) is 9.60. The van der Waals surface area contributed by atoms with Crippen LogP contribution in [-0.4, -0.2) is 27.0 Å². The van der Waals surface area contributed by atoms with Gasteiger partial charge in [-0.15, -0.1) is 0 Å². The first-order valence-corrected chi connectivity index (χ1v) is 5.21. The smallest absolute Gasteiger partial charge is 0.336 e. The second kappa shape index (κ2) is 4.70. The van der Waals surface area contributed by atoms with Crippen molar-refractivity contribution in [2.24, 2.45) is 0 Å². The molecule has 2 rings (SSSR count). The number of rotatable bonds is 3. The third-order valence-electron chi connectivity index (χ3n) is 2.47. The summed E-state index contributed by atoms with van der Waals surface area (Å²) in [6.07, 6.45) is 2.79. The van der Waals surface area contributed by atoms with Gasteiger partial charge in [0.1, 0.15) is 5.69 Å². The molecule has 92 valence electrons. The predicted molar refractivity (Wildman–Crippen MR) is 64.7 cm³/mol. The van der Waals surface area contributed by atoms with Crippen molar-refractivity contribution in [3.05, 3.63) is 47.5 Å². The topological polar surface area (TPSA) is 95.1 Å². The van der Waals surface area contributed by atoms with E-state index >= 15 is 0 Å². The first-order chi connectivity index (χ1) is 8.58. The number of imidazole rings is 1. The number of aromatic carboxylic acids is 1. The molecule has 0 fully saturated rings. The van der Waals surface area contributed by atoms with Gasteiger partial charge in [-0.1, -0.05) is 6.07 Å². The molecule has 0 saturated carbocycles. The van der Waals surface area contributed by atoms with Gasteiger partial charge in [-0.05, 0) is 24.6 Å². The minimum absolute atomic E-state index is 0.164. The number of nitrogens with one attached hydrogen (secondary N) is 2. The standard InChI is InChI=1S/C12H11N3O3/c1-7-2-3-8(4-9(7)12(17)18)15-11(16)10-5-13-6-14-10/h2-6H,1H3,(H,13,14)(H,15,16)(H,17,18). The predicted octanol–water partition coefficient (Wildman–Crippen LogP) is 1.67. The number of aromatic nitrogens is 2. The molecular formula is C12H11N3O3. The molecule has 1 aromatic carbocycles. The minimum Gasteiger partial charge on any atom is -0.478 e. The van der Waals surface area contributed by atoms with E-state index in [4.69, 9.17) is 5.11 Å². The molecule has 0 aliphatic carbocycles. The van der Waals surface area contributed by atoms with Crippen molar-refractivity contribution in [2.45, 2.75) is 6.92 Å². The van der Waals surface area contributed by atoms with Gasteiger partial charge < -0.3 is 15.4 Å². The molecule has 6 heteroatoms. The summed E-state index contributed by atoms with van der Waals surface area (Å²) in [6.45, 7) is 1.70. The van der Waals surface area contributed by atoms with Gasteiger partial charge in [0.05, 0.1) is 18.1 Å². The van der Waals surface area contributed by atoms with Crippen molar-refractivity contribution < 1.29 is 14.7 Å². The van der Waals surface area contributed by atoms with Crippen LogP contribution in [0.3, 0.4) is 0 Å². The van der Waals surface area contributed by atoms with Crippen LogP contribution >= 0.6 is 0 Å². The largest absolute Gasteiger partial charge is 0.478 e. The lowest BCUT2D eigenvalue weighted by Crippen LogP contribution is -2.13. The molecule has 0 spiro atoms. The second-order valence-corrected chi connectivity index (χ2v) is 3.75. The van der Waals surface area contributed by atoms with Crippen LogP contribution in [0, 0.1) is 6.92 Å². The van der Waals surface area contributed by atoms with Crippen LogP contribution in [0.1, 0.15) is 26.4 Å². The van der Waals surface area contributed by atoms with E-state index in [1.807, 2.05) is 0 Å². The van der Waals surface area contributed by atoms with E-state index in [0.717, 1.165) is 0 Å². The van der Waals surface area contributed by atoms with E-state index in [9.17, 15) is 9.59 Å². The number of benzene rings is 1. The second-order valence-electron chi connectivity index (χ2n) is 3.75. The summed E-state index contributed by atoms with van der Waals surface area (Å²) in [5, 5.41) is 11.6. The molecule has 1 aromatic heterocycles. The maximum absolute atomic E-state index is 11.7. The number of nitrogens with zero attached hydrogens (tertiary/aromatic N) is 1. The van der Waals surface area contributed by atoms with E-state index in [1.165, 1.54) is 18.6 Å². The Labute approximate surface area is 103 Å². The van der Waals surface area contributed by atoms with Gasteiger partial charge in [0, 0.05) is 5.69 Å². The third-order valence-corrected chi connectivity index (χ3v) is 2.47. The lowest BCUT2D eigenvalue weighted by Gasteiger charge is -2.06. The van der Waals surface area contributed by atoms with Crippen molar-refractivity contribution in [3.8, 4) is 0 Å². The van der Waals surface area contributed by atoms with E-state index in [2.05, 4.69) is 15.3 Å². The Morgan fingerprint density at radius 1 is 1.39 bits per heavy atom. The van der Waals surface area contributed by atoms with Crippen molar-refractivity contribution in [3.63, 3.8) is 0 Å². The lowest BCUT2D eigenvalue weighted by atomic mass is 10.1. The van der Waals surface area contributed by atoms with E-state index in [1.54, 1.807) is 19.1 Å². The Bertz CT molecular complexity index is 591. The summed E-state index contributed by atoms with van der Waals surface area (Å²) in [4.78, 5) is 29.1. The summed E-state index contributed by atoms with van der Waals surface area (Å²) < 4.78 is 0. The molecule has 1 heterocycles. The van der Waals surface area contributed by atoms with Gasteiger partial charge in [-0.25, -0.2) is 9.78 Å². The Hall–Kier alpha value is -2.63. The van der Waals surface area contributed by atoms with Crippen molar-refractivity contribution >= 4 is 17.6 Å². The van der Waals surface area contributed by atoms with Gasteiger partial charge in [0.25, 0.3) is 5.91 Å². The molecule has 6 nitrogen and oxygen atoms in total. The number of hydrogen-bond donors (Lipinski definition) is 3. The fraction of sp³-hybridized carbons (Fsp3) is 0.0833. The molecule has 0 saturated heterocycles. The van der Waals surface area contributed by atoms with Crippen LogP contribution in [0.15, 0.2) is 30.7 Å². The summed E-state index contributed by atoms with van der Waals surface area (Å²) in [6, 6.07) is 4.72. The highest BCUT2D eigenvalue weighted by atomic mass is 16.4. The Morgan fingerprint density at radius 2 is 2.17 bits per heavy atom. The van der Waals surface area contributed by atoms with Crippen LogP contribution in [-0.2, 0) is 0 Å². The lowest BCUT2D eigenvalue weighted by molar-refractivity contribution is 0.0695. The Morgan fingerprint density at radius 3 is 2.78 bits per heavy atom. The molecular weight excluding hydrogens is 234 g/mol. The number of amides is 1. The molecule has 2 aromatic rings. The normalized spacial score (nSPS) is 10.1. The van der Waals surface area contributed by atoms with Crippen LogP contribution in [0.4, 0.5) is 5.69 Å². The van der Waals surface area contributed by atoms with Crippen LogP contribution in [0.2, 0.25) is 0 Å². The summed E-state index contributed by atoms with van der Waals surface area (Å²) in [7, 11) is 0. The number of carboxylic acids is 1. The van der Waals surface area contributed by atoms with Gasteiger partial charge >= 0.3 is 5.97 Å². The average molecular weight is 245 g/mol. The first kappa shape index (κ1) is 11.8. The van der Waals surface area contributed by atoms with Gasteiger partial charge in [0.2, 0.25) is 0 Å². The van der Waals surface area contributed by atoms with Crippen LogP contribution in [0.5, 0.6) is 0 Å². The highest BCUT2D eigenvalue weighted by Gasteiger charge is 2.11. The number of aryl methyl sites for hydroxylation is 1. The average Bonchev–Trinajstić information content (AvgIpc) is 2.85. The van der Waals surface area contributed by atoms with Crippen LogP contribution in [0.25, 0.3) is 0 Å². The number of H-pyrrole nitrogens is 1. The van der Waals surface area contributed by atoms with Crippen molar-refractivity contribution in [2.75, 3.05) is 5.32 Å². The SMILES string of the molecule is Cc1ccc(NC(=O)c2cnc[nH]2)cc1C(=O)O. The van der Waals surface area contributed by atoms with Gasteiger partial charge in [0.15, 0.2) is 0 Å². The maximum Gasteiger partial charge on any atom is 0.336 e. The quantitative estimate of drug-likeness (QED) is 0.766. The Balaban J connectivity index is 2.22. The molecule has 0 aliphatic rings. The Kier molecular flexibility index (Phi) is 3.09. The summed E-state index contributed by atoms with van der Waals surface area (Å²) >= 11 is 0. The fourth-order valence-corrected chi connectivity index (χ4v) is 1.51. The highest BCUT2D eigenvalue weighted by Crippen LogP contribution is 2.16. The monoisotopic (exact) mass is 245 g/mol. The molecule has 3 N–H and O–H groups in total. The maximum atomic E-state index is 11.7. The van der Waals surface area contributed by atoms with Gasteiger partial charge in [-0.3, -0.25) is 4.79 Å². The minimum atomic E-state index is -1.02. The number of hydrogen-bond acceptors (Lipinski definition) is 3. The summed E-state index contributed by atoms with van der Waals surface area (Å²) in [5.41, 5.74) is 1.55. The molecule has 1 amide bonds.